The summed E-state index contributed by atoms with van der Waals surface area (Å²) < 4.78 is 0. The SMILES string of the molecule is Cc1ccc(CN=C(NCC(O)c2ccncc2)Nc2ccccc2)cc1.I. The fourth-order valence-corrected chi connectivity index (χ4v) is 2.56. The number of benzene rings is 2. The summed E-state index contributed by atoms with van der Waals surface area (Å²) in [6, 6.07) is 21.8. The maximum Gasteiger partial charge on any atom is 0.196 e. The van der Waals surface area contributed by atoms with E-state index in [9.17, 15) is 5.11 Å². The molecule has 0 aliphatic heterocycles. The van der Waals surface area contributed by atoms with Crippen LogP contribution < -0.4 is 10.6 Å². The number of nitrogens with zero attached hydrogens (tertiary/aromatic N) is 2. The number of halogens is 1. The van der Waals surface area contributed by atoms with Gasteiger partial charge in [0.25, 0.3) is 0 Å². The van der Waals surface area contributed by atoms with Gasteiger partial charge in [-0.15, -0.1) is 24.0 Å². The van der Waals surface area contributed by atoms with Gasteiger partial charge < -0.3 is 15.7 Å². The Balaban J connectivity index is 0.00000280. The zero-order valence-electron chi connectivity index (χ0n) is 15.7. The molecule has 0 radical (unpaired) electrons. The lowest BCUT2D eigenvalue weighted by molar-refractivity contribution is 0.181. The maximum atomic E-state index is 10.4. The molecule has 3 aromatic rings. The van der Waals surface area contributed by atoms with Gasteiger partial charge in [0.2, 0.25) is 0 Å². The Morgan fingerprint density at radius 1 is 1.00 bits per heavy atom. The average Bonchev–Trinajstić information content (AvgIpc) is 2.72. The Morgan fingerprint density at radius 3 is 2.36 bits per heavy atom. The first-order valence-corrected chi connectivity index (χ1v) is 8.94. The van der Waals surface area contributed by atoms with Gasteiger partial charge in [-0.25, -0.2) is 4.99 Å². The third-order valence-electron chi connectivity index (χ3n) is 4.13. The first kappa shape index (κ1) is 21.8. The van der Waals surface area contributed by atoms with Crippen molar-refractivity contribution in [1.29, 1.82) is 0 Å². The van der Waals surface area contributed by atoms with Crippen molar-refractivity contribution in [3.63, 3.8) is 0 Å². The van der Waals surface area contributed by atoms with E-state index < -0.39 is 6.10 Å². The Bertz CT molecular complexity index is 855. The highest BCUT2D eigenvalue weighted by Crippen LogP contribution is 2.11. The predicted octanol–water partition coefficient (Wildman–Crippen LogP) is 4.30. The molecule has 0 saturated heterocycles. The van der Waals surface area contributed by atoms with Crippen molar-refractivity contribution < 1.29 is 5.11 Å². The number of aliphatic hydroxyl groups excluding tert-OH is 1. The molecule has 1 atom stereocenters. The van der Waals surface area contributed by atoms with E-state index in [2.05, 4.69) is 51.8 Å². The van der Waals surface area contributed by atoms with Crippen molar-refractivity contribution in [2.75, 3.05) is 11.9 Å². The minimum Gasteiger partial charge on any atom is -0.387 e. The molecule has 3 N–H and O–H groups in total. The number of para-hydroxylation sites is 1. The number of pyridine rings is 1. The van der Waals surface area contributed by atoms with Crippen LogP contribution in [0.5, 0.6) is 0 Å². The molecule has 3 rings (SSSR count). The van der Waals surface area contributed by atoms with Gasteiger partial charge in [-0.3, -0.25) is 4.98 Å². The zero-order valence-corrected chi connectivity index (χ0v) is 18.1. The Kier molecular flexibility index (Phi) is 8.90. The van der Waals surface area contributed by atoms with E-state index in [1.54, 1.807) is 24.5 Å². The van der Waals surface area contributed by atoms with Crippen LogP contribution >= 0.6 is 24.0 Å². The van der Waals surface area contributed by atoms with Crippen LogP contribution in [-0.4, -0.2) is 22.6 Å². The minimum absolute atomic E-state index is 0. The Hall–Kier alpha value is -2.45. The van der Waals surface area contributed by atoms with E-state index in [1.807, 2.05) is 30.3 Å². The molecule has 5 nitrogen and oxygen atoms in total. The highest BCUT2D eigenvalue weighted by Gasteiger charge is 2.08. The van der Waals surface area contributed by atoms with Crippen molar-refractivity contribution in [2.45, 2.75) is 19.6 Å². The van der Waals surface area contributed by atoms with Gasteiger partial charge in [0.15, 0.2) is 5.96 Å². The van der Waals surface area contributed by atoms with Gasteiger partial charge in [-0.05, 0) is 42.3 Å². The number of aliphatic imine (C=N–C) groups is 1. The van der Waals surface area contributed by atoms with Gasteiger partial charge in [-0.1, -0.05) is 48.0 Å². The second kappa shape index (κ2) is 11.4. The molecule has 6 heteroatoms. The lowest BCUT2D eigenvalue weighted by Gasteiger charge is -2.16. The first-order chi connectivity index (χ1) is 13.2. The smallest absolute Gasteiger partial charge is 0.196 e. The van der Waals surface area contributed by atoms with Crippen LogP contribution in [0.15, 0.2) is 84.1 Å². The van der Waals surface area contributed by atoms with Gasteiger partial charge in [0.1, 0.15) is 0 Å². The number of rotatable bonds is 6. The maximum absolute atomic E-state index is 10.4. The molecule has 146 valence electrons. The molecule has 0 amide bonds. The molecule has 0 saturated carbocycles. The summed E-state index contributed by atoms with van der Waals surface area (Å²) in [7, 11) is 0. The number of aryl methyl sites for hydroxylation is 1. The fourth-order valence-electron chi connectivity index (χ4n) is 2.56. The Labute approximate surface area is 183 Å². The third kappa shape index (κ3) is 6.94. The van der Waals surface area contributed by atoms with Crippen LogP contribution in [0.1, 0.15) is 22.8 Å². The van der Waals surface area contributed by atoms with Gasteiger partial charge in [0, 0.05) is 24.6 Å². The highest BCUT2D eigenvalue weighted by molar-refractivity contribution is 14.0. The number of anilines is 1. The number of nitrogens with one attached hydrogen (secondary N) is 2. The van der Waals surface area contributed by atoms with Crippen LogP contribution in [0, 0.1) is 6.92 Å². The highest BCUT2D eigenvalue weighted by atomic mass is 127. The molecule has 0 bridgehead atoms. The molecule has 0 aliphatic carbocycles. The lowest BCUT2D eigenvalue weighted by Crippen LogP contribution is -2.34. The number of aliphatic hydroxyl groups is 1. The van der Waals surface area contributed by atoms with E-state index in [-0.39, 0.29) is 24.0 Å². The summed E-state index contributed by atoms with van der Waals surface area (Å²) in [6.45, 7) is 2.96. The largest absolute Gasteiger partial charge is 0.387 e. The molecular formula is C22H25IN4O. The third-order valence-corrected chi connectivity index (χ3v) is 4.13. The molecular weight excluding hydrogens is 463 g/mol. The molecule has 2 aromatic carbocycles. The molecule has 0 spiro atoms. The Morgan fingerprint density at radius 2 is 1.68 bits per heavy atom. The van der Waals surface area contributed by atoms with Crippen molar-refractivity contribution in [3.8, 4) is 0 Å². The summed E-state index contributed by atoms with van der Waals surface area (Å²) in [5.41, 5.74) is 4.11. The first-order valence-electron chi connectivity index (χ1n) is 8.94. The number of hydrogen-bond acceptors (Lipinski definition) is 3. The molecule has 1 heterocycles. The topological polar surface area (TPSA) is 69.5 Å². The number of hydrogen-bond donors (Lipinski definition) is 3. The van der Waals surface area contributed by atoms with Crippen molar-refractivity contribution in [2.24, 2.45) is 4.99 Å². The standard InChI is InChI=1S/C22H24N4O.HI/c1-17-7-9-18(10-8-17)15-24-22(26-20-5-3-2-4-6-20)25-16-21(27)19-11-13-23-14-12-19;/h2-14,21,27H,15-16H2,1H3,(H2,24,25,26);1H. The van der Waals surface area contributed by atoms with Gasteiger partial charge in [-0.2, -0.15) is 0 Å². The second-order valence-electron chi connectivity index (χ2n) is 6.32. The summed E-state index contributed by atoms with van der Waals surface area (Å²) in [6.07, 6.45) is 2.70. The molecule has 1 unspecified atom stereocenters. The fraction of sp³-hybridized carbons (Fsp3) is 0.182. The van der Waals surface area contributed by atoms with E-state index >= 15 is 0 Å². The number of aromatic nitrogens is 1. The minimum atomic E-state index is -0.643. The number of guanidine groups is 1. The quantitative estimate of drug-likeness (QED) is 0.275. The molecule has 28 heavy (non-hydrogen) atoms. The van der Waals surface area contributed by atoms with Crippen LogP contribution in [0.2, 0.25) is 0 Å². The van der Waals surface area contributed by atoms with Crippen molar-refractivity contribution in [3.05, 3.63) is 95.8 Å². The van der Waals surface area contributed by atoms with Crippen molar-refractivity contribution >= 4 is 35.6 Å². The summed E-state index contributed by atoms with van der Waals surface area (Å²) in [5, 5.41) is 16.9. The van der Waals surface area contributed by atoms with E-state index in [4.69, 9.17) is 0 Å². The predicted molar refractivity (Wildman–Crippen MR) is 125 cm³/mol. The van der Waals surface area contributed by atoms with Crippen LogP contribution in [0.25, 0.3) is 0 Å². The monoisotopic (exact) mass is 488 g/mol. The van der Waals surface area contributed by atoms with E-state index in [0.29, 0.717) is 19.0 Å². The second-order valence-corrected chi connectivity index (χ2v) is 6.32. The molecule has 1 aromatic heterocycles. The zero-order chi connectivity index (χ0) is 18.9. The van der Waals surface area contributed by atoms with Crippen molar-refractivity contribution in [1.82, 2.24) is 10.3 Å². The van der Waals surface area contributed by atoms with Crippen LogP contribution in [0.3, 0.4) is 0 Å². The summed E-state index contributed by atoms with van der Waals surface area (Å²) in [4.78, 5) is 8.64. The van der Waals surface area contributed by atoms with Gasteiger partial charge in [0.05, 0.1) is 12.6 Å². The van der Waals surface area contributed by atoms with E-state index in [0.717, 1.165) is 16.8 Å². The molecule has 0 aliphatic rings. The van der Waals surface area contributed by atoms with E-state index in [1.165, 1.54) is 5.56 Å². The lowest BCUT2D eigenvalue weighted by atomic mass is 10.1. The normalized spacial score (nSPS) is 12.0. The van der Waals surface area contributed by atoms with Crippen LogP contribution in [0.4, 0.5) is 5.69 Å². The molecule has 0 fully saturated rings. The average molecular weight is 488 g/mol. The van der Waals surface area contributed by atoms with Crippen LogP contribution in [-0.2, 0) is 6.54 Å². The van der Waals surface area contributed by atoms with Gasteiger partial charge >= 0.3 is 0 Å². The summed E-state index contributed by atoms with van der Waals surface area (Å²) in [5.74, 6) is 0.620. The summed E-state index contributed by atoms with van der Waals surface area (Å²) >= 11 is 0.